The third-order valence-electron chi connectivity index (χ3n) is 4.32. The normalized spacial score (nSPS) is 22.1. The van der Waals surface area contributed by atoms with Gasteiger partial charge in [0.15, 0.2) is 0 Å². The number of aryl methyl sites for hydroxylation is 1. The fourth-order valence-corrected chi connectivity index (χ4v) is 3.23. The molecule has 0 radical (unpaired) electrons. The van der Waals surface area contributed by atoms with Crippen molar-refractivity contribution in [3.63, 3.8) is 0 Å². The Morgan fingerprint density at radius 2 is 2.15 bits per heavy atom. The van der Waals surface area contributed by atoms with Gasteiger partial charge in [-0.15, -0.1) is 0 Å². The van der Waals surface area contributed by atoms with Crippen molar-refractivity contribution in [3.05, 3.63) is 29.8 Å². The first-order valence-corrected chi connectivity index (χ1v) is 7.37. The number of hydrogen-bond donors (Lipinski definition) is 0. The summed E-state index contributed by atoms with van der Waals surface area (Å²) in [6.45, 7) is 4.00. The molecule has 0 bridgehead atoms. The summed E-state index contributed by atoms with van der Waals surface area (Å²) in [7, 11) is 0. The molecule has 20 heavy (non-hydrogen) atoms. The topological polar surface area (TPSA) is 40.6 Å². The first-order chi connectivity index (χ1) is 9.70. The maximum Gasteiger partial charge on any atom is 0.232 e. The van der Waals surface area contributed by atoms with E-state index in [0.717, 1.165) is 25.1 Å². The monoisotopic (exact) mass is 272 g/mol. The van der Waals surface area contributed by atoms with E-state index in [0.29, 0.717) is 19.5 Å². The second kappa shape index (κ2) is 5.27. The van der Waals surface area contributed by atoms with Crippen molar-refractivity contribution >= 4 is 17.5 Å². The van der Waals surface area contributed by atoms with Gasteiger partial charge in [0.05, 0.1) is 5.92 Å². The Labute approximate surface area is 119 Å². The van der Waals surface area contributed by atoms with Gasteiger partial charge in [-0.1, -0.05) is 18.2 Å². The Kier molecular flexibility index (Phi) is 3.47. The van der Waals surface area contributed by atoms with E-state index in [9.17, 15) is 9.59 Å². The molecule has 2 amide bonds. The van der Waals surface area contributed by atoms with E-state index in [4.69, 9.17) is 0 Å². The van der Waals surface area contributed by atoms with Gasteiger partial charge in [-0.3, -0.25) is 9.59 Å². The number of para-hydroxylation sites is 1. The van der Waals surface area contributed by atoms with Crippen LogP contribution in [0.5, 0.6) is 0 Å². The smallest absolute Gasteiger partial charge is 0.232 e. The fraction of sp³-hybridized carbons (Fsp3) is 0.500. The molecule has 106 valence electrons. The minimum Gasteiger partial charge on any atom is -0.342 e. The first kappa shape index (κ1) is 13.2. The number of carbonyl (C=O) groups is 2. The predicted molar refractivity (Wildman–Crippen MR) is 77.5 cm³/mol. The molecule has 0 spiro atoms. The minimum absolute atomic E-state index is 0.108. The molecule has 1 saturated heterocycles. The molecule has 1 atom stereocenters. The molecular weight excluding hydrogens is 252 g/mol. The SMILES string of the molecule is CCN1C[C@H](C(=O)N2CCCc3ccccc32)CC1=O. The number of benzene rings is 1. The Morgan fingerprint density at radius 3 is 2.90 bits per heavy atom. The van der Waals surface area contributed by atoms with Crippen LogP contribution in [-0.2, 0) is 16.0 Å². The molecule has 0 saturated carbocycles. The van der Waals surface area contributed by atoms with Gasteiger partial charge >= 0.3 is 0 Å². The lowest BCUT2D eigenvalue weighted by Gasteiger charge is -2.31. The zero-order valence-corrected chi connectivity index (χ0v) is 11.8. The summed E-state index contributed by atoms with van der Waals surface area (Å²) in [5, 5.41) is 0. The van der Waals surface area contributed by atoms with Crippen LogP contribution < -0.4 is 4.90 Å². The van der Waals surface area contributed by atoms with E-state index in [1.165, 1.54) is 5.56 Å². The number of anilines is 1. The molecule has 0 aliphatic carbocycles. The van der Waals surface area contributed by atoms with Gasteiger partial charge in [0.1, 0.15) is 0 Å². The maximum atomic E-state index is 12.7. The highest BCUT2D eigenvalue weighted by Gasteiger charge is 2.37. The van der Waals surface area contributed by atoms with Crippen LogP contribution in [0.3, 0.4) is 0 Å². The van der Waals surface area contributed by atoms with Crippen LogP contribution in [0, 0.1) is 5.92 Å². The second-order valence-corrected chi connectivity index (χ2v) is 5.56. The minimum atomic E-state index is -0.173. The molecule has 4 heteroatoms. The average Bonchev–Trinajstić information content (AvgIpc) is 2.87. The van der Waals surface area contributed by atoms with Crippen LogP contribution >= 0.6 is 0 Å². The number of amides is 2. The van der Waals surface area contributed by atoms with Gasteiger partial charge in [-0.2, -0.15) is 0 Å². The number of nitrogens with zero attached hydrogens (tertiary/aromatic N) is 2. The molecule has 4 nitrogen and oxygen atoms in total. The maximum absolute atomic E-state index is 12.7. The van der Waals surface area contributed by atoms with Crippen LogP contribution in [-0.4, -0.2) is 36.3 Å². The molecule has 0 aromatic heterocycles. The summed E-state index contributed by atoms with van der Waals surface area (Å²) in [5.41, 5.74) is 2.27. The molecule has 2 heterocycles. The van der Waals surface area contributed by atoms with E-state index in [1.807, 2.05) is 30.0 Å². The fourth-order valence-electron chi connectivity index (χ4n) is 3.23. The molecule has 3 rings (SSSR count). The van der Waals surface area contributed by atoms with E-state index >= 15 is 0 Å². The molecule has 0 unspecified atom stereocenters. The third kappa shape index (κ3) is 2.19. The van der Waals surface area contributed by atoms with E-state index in [1.54, 1.807) is 4.90 Å². The number of hydrogen-bond acceptors (Lipinski definition) is 2. The summed E-state index contributed by atoms with van der Waals surface area (Å²) in [4.78, 5) is 28.2. The van der Waals surface area contributed by atoms with Gasteiger partial charge in [0.2, 0.25) is 11.8 Å². The summed E-state index contributed by atoms with van der Waals surface area (Å²) < 4.78 is 0. The van der Waals surface area contributed by atoms with Crippen LogP contribution in [0.2, 0.25) is 0 Å². The van der Waals surface area contributed by atoms with Crippen molar-refractivity contribution < 1.29 is 9.59 Å². The van der Waals surface area contributed by atoms with E-state index in [2.05, 4.69) is 6.07 Å². The quantitative estimate of drug-likeness (QED) is 0.824. The first-order valence-electron chi connectivity index (χ1n) is 7.37. The van der Waals surface area contributed by atoms with Crippen LogP contribution in [0.15, 0.2) is 24.3 Å². The lowest BCUT2D eigenvalue weighted by Crippen LogP contribution is -2.40. The average molecular weight is 272 g/mol. The van der Waals surface area contributed by atoms with Crippen LogP contribution in [0.25, 0.3) is 0 Å². The van der Waals surface area contributed by atoms with Crippen molar-refractivity contribution in [2.75, 3.05) is 24.5 Å². The predicted octanol–water partition coefficient (Wildman–Crippen LogP) is 1.83. The third-order valence-corrected chi connectivity index (χ3v) is 4.32. The van der Waals surface area contributed by atoms with Crippen LogP contribution in [0.4, 0.5) is 5.69 Å². The summed E-state index contributed by atoms with van der Waals surface area (Å²) >= 11 is 0. The number of carbonyl (C=O) groups excluding carboxylic acids is 2. The van der Waals surface area contributed by atoms with Gasteiger partial charge in [0.25, 0.3) is 0 Å². The molecule has 1 aromatic rings. The number of likely N-dealkylation sites (tertiary alicyclic amines) is 1. The largest absolute Gasteiger partial charge is 0.342 e. The molecular formula is C16H20N2O2. The van der Waals surface area contributed by atoms with Gasteiger partial charge in [0, 0.05) is 31.7 Å². The van der Waals surface area contributed by atoms with E-state index in [-0.39, 0.29) is 17.7 Å². The Balaban J connectivity index is 1.81. The molecule has 1 aromatic carbocycles. The Morgan fingerprint density at radius 1 is 1.35 bits per heavy atom. The number of fused-ring (bicyclic) bond motifs is 1. The van der Waals surface area contributed by atoms with Crippen molar-refractivity contribution in [3.8, 4) is 0 Å². The van der Waals surface area contributed by atoms with Gasteiger partial charge in [-0.05, 0) is 31.4 Å². The Hall–Kier alpha value is -1.84. The highest BCUT2D eigenvalue weighted by molar-refractivity contribution is 5.99. The van der Waals surface area contributed by atoms with Crippen molar-refractivity contribution in [2.24, 2.45) is 5.92 Å². The van der Waals surface area contributed by atoms with Gasteiger partial charge in [-0.25, -0.2) is 0 Å². The molecule has 2 aliphatic rings. The Bertz CT molecular complexity index is 541. The molecule has 1 fully saturated rings. The number of rotatable bonds is 2. The van der Waals surface area contributed by atoms with E-state index < -0.39 is 0 Å². The standard InChI is InChI=1S/C16H20N2O2/c1-2-17-11-13(10-15(17)19)16(20)18-9-5-7-12-6-3-4-8-14(12)18/h3-4,6,8,13H,2,5,7,9-11H2,1H3/t13-/m1/s1. The molecule has 2 aliphatic heterocycles. The zero-order chi connectivity index (χ0) is 14.1. The van der Waals surface area contributed by atoms with Crippen LogP contribution in [0.1, 0.15) is 25.3 Å². The summed E-state index contributed by atoms with van der Waals surface area (Å²) in [6.07, 6.45) is 2.40. The highest BCUT2D eigenvalue weighted by atomic mass is 16.2. The second-order valence-electron chi connectivity index (χ2n) is 5.56. The summed E-state index contributed by atoms with van der Waals surface area (Å²) in [6, 6.07) is 8.10. The van der Waals surface area contributed by atoms with Gasteiger partial charge < -0.3 is 9.80 Å². The van der Waals surface area contributed by atoms with Crippen molar-refractivity contribution in [2.45, 2.75) is 26.2 Å². The van der Waals surface area contributed by atoms with Crippen molar-refractivity contribution in [1.82, 2.24) is 4.90 Å². The summed E-state index contributed by atoms with van der Waals surface area (Å²) in [5.74, 6) is 0.0474. The zero-order valence-electron chi connectivity index (χ0n) is 11.8. The lowest BCUT2D eigenvalue weighted by atomic mass is 9.99. The van der Waals surface area contributed by atoms with Crippen molar-refractivity contribution in [1.29, 1.82) is 0 Å². The molecule has 0 N–H and O–H groups in total. The lowest BCUT2D eigenvalue weighted by molar-refractivity contribution is -0.128. The highest BCUT2D eigenvalue weighted by Crippen LogP contribution is 2.30.